The smallest absolute Gasteiger partial charge is 0.253 e. The number of carbonyl (C=O) groups excluding carboxylic acids is 1. The molecule has 0 bridgehead atoms. The first kappa shape index (κ1) is 14.6. The minimum absolute atomic E-state index is 0.0134. The third-order valence-corrected chi connectivity index (χ3v) is 2.54. The Bertz CT molecular complexity index is 662. The maximum atomic E-state index is 12.0. The highest BCUT2D eigenvalue weighted by Gasteiger charge is 2.06. The average molecular weight is 282 g/mol. The molecule has 0 saturated carbocycles. The van der Waals surface area contributed by atoms with Gasteiger partial charge in [-0.25, -0.2) is 9.97 Å². The predicted molar refractivity (Wildman–Crippen MR) is 76.0 cm³/mol. The fourth-order valence-electron chi connectivity index (χ4n) is 1.55. The lowest BCUT2D eigenvalue weighted by Crippen LogP contribution is -2.23. The first-order chi connectivity index (χ1) is 10.3. The van der Waals surface area contributed by atoms with Crippen molar-refractivity contribution in [3.8, 4) is 11.8 Å². The van der Waals surface area contributed by atoms with E-state index in [-0.39, 0.29) is 12.5 Å². The van der Waals surface area contributed by atoms with Gasteiger partial charge in [0.1, 0.15) is 6.33 Å². The Kier molecular flexibility index (Phi) is 5.38. The molecule has 0 saturated heterocycles. The van der Waals surface area contributed by atoms with E-state index in [2.05, 4.69) is 32.1 Å². The second-order valence-corrected chi connectivity index (χ2v) is 4.12. The number of aliphatic hydroxyl groups is 1. The molecule has 6 heteroatoms. The number of aromatic nitrogens is 3. The monoisotopic (exact) mass is 282 g/mol. The molecule has 106 valence electrons. The minimum atomic E-state index is -0.244. The number of hydrogen-bond acceptors (Lipinski definition) is 5. The maximum Gasteiger partial charge on any atom is 0.253 e. The summed E-state index contributed by atoms with van der Waals surface area (Å²) in [5.41, 5.74) is 1.79. The van der Waals surface area contributed by atoms with Gasteiger partial charge in [-0.1, -0.05) is 11.8 Å². The molecule has 21 heavy (non-hydrogen) atoms. The molecule has 0 spiro atoms. The van der Waals surface area contributed by atoms with E-state index in [0.717, 1.165) is 5.69 Å². The molecule has 0 aliphatic rings. The lowest BCUT2D eigenvalue weighted by atomic mass is 10.2. The van der Waals surface area contributed by atoms with Crippen molar-refractivity contribution in [3.05, 3.63) is 53.9 Å². The van der Waals surface area contributed by atoms with Crippen LogP contribution >= 0.6 is 0 Å². The van der Waals surface area contributed by atoms with Crippen molar-refractivity contribution < 1.29 is 9.90 Å². The molecule has 2 rings (SSSR count). The van der Waals surface area contributed by atoms with Gasteiger partial charge in [0.15, 0.2) is 0 Å². The molecule has 0 unspecified atom stereocenters. The molecule has 0 fully saturated rings. The number of rotatable bonds is 4. The number of hydrogen-bond donors (Lipinski definition) is 2. The first-order valence-electron chi connectivity index (χ1n) is 6.37. The fraction of sp³-hybridized carbons (Fsp3) is 0.200. The summed E-state index contributed by atoms with van der Waals surface area (Å²) in [6, 6.07) is 3.39. The molecule has 0 aliphatic heterocycles. The normalized spacial score (nSPS) is 9.57. The molecular formula is C15H14N4O2. The lowest BCUT2D eigenvalue weighted by Gasteiger charge is -2.04. The molecule has 2 aromatic rings. The molecule has 0 radical (unpaired) electrons. The zero-order valence-corrected chi connectivity index (χ0v) is 11.3. The van der Waals surface area contributed by atoms with Crippen LogP contribution in [-0.2, 0) is 6.54 Å². The number of pyridine rings is 1. The van der Waals surface area contributed by atoms with E-state index in [1.165, 1.54) is 12.5 Å². The summed E-state index contributed by atoms with van der Waals surface area (Å²) in [7, 11) is 0. The standard InChI is InChI=1S/C15H14N4O2/c20-6-2-1-3-12-7-13(9-17-8-12)15(21)18-10-14-4-5-16-11-19-14/h4-5,7-9,11,20H,2,6,10H2,(H,18,21). The number of aliphatic hydroxyl groups excluding tert-OH is 1. The van der Waals surface area contributed by atoms with Gasteiger partial charge in [0.2, 0.25) is 0 Å². The van der Waals surface area contributed by atoms with Gasteiger partial charge in [0, 0.05) is 30.6 Å². The SMILES string of the molecule is O=C(NCc1ccncn1)c1cncc(C#CCCO)c1. The molecule has 0 aromatic carbocycles. The highest BCUT2D eigenvalue weighted by molar-refractivity contribution is 5.94. The minimum Gasteiger partial charge on any atom is -0.395 e. The summed E-state index contributed by atoms with van der Waals surface area (Å²) in [5, 5.41) is 11.4. The average Bonchev–Trinajstić information content (AvgIpc) is 2.54. The van der Waals surface area contributed by atoms with Crippen molar-refractivity contribution in [2.45, 2.75) is 13.0 Å². The molecular weight excluding hydrogens is 268 g/mol. The summed E-state index contributed by atoms with van der Waals surface area (Å²) in [5.74, 6) is 5.38. The van der Waals surface area contributed by atoms with E-state index in [9.17, 15) is 4.79 Å². The highest BCUT2D eigenvalue weighted by Crippen LogP contribution is 2.02. The molecule has 6 nitrogen and oxygen atoms in total. The van der Waals surface area contributed by atoms with Crippen LogP contribution in [0.2, 0.25) is 0 Å². The van der Waals surface area contributed by atoms with Gasteiger partial charge >= 0.3 is 0 Å². The summed E-state index contributed by atoms with van der Waals surface area (Å²) in [6.07, 6.45) is 6.50. The molecule has 0 atom stereocenters. The fourth-order valence-corrected chi connectivity index (χ4v) is 1.55. The van der Waals surface area contributed by atoms with Crippen molar-refractivity contribution >= 4 is 5.91 Å². The van der Waals surface area contributed by atoms with Crippen LogP contribution in [0.5, 0.6) is 0 Å². The Hall–Kier alpha value is -2.78. The Morgan fingerprint density at radius 3 is 3.00 bits per heavy atom. The third-order valence-electron chi connectivity index (χ3n) is 2.54. The van der Waals surface area contributed by atoms with Gasteiger partial charge in [-0.05, 0) is 12.1 Å². The van der Waals surface area contributed by atoms with Crippen molar-refractivity contribution in [1.82, 2.24) is 20.3 Å². The molecule has 2 aromatic heterocycles. The zero-order valence-electron chi connectivity index (χ0n) is 11.3. The molecule has 2 N–H and O–H groups in total. The Morgan fingerprint density at radius 2 is 2.24 bits per heavy atom. The Morgan fingerprint density at radius 1 is 1.33 bits per heavy atom. The van der Waals surface area contributed by atoms with E-state index in [1.54, 1.807) is 24.5 Å². The second-order valence-electron chi connectivity index (χ2n) is 4.12. The quantitative estimate of drug-likeness (QED) is 0.799. The van der Waals surface area contributed by atoms with E-state index in [4.69, 9.17) is 5.11 Å². The number of amides is 1. The zero-order chi connectivity index (χ0) is 14.9. The predicted octanol–water partition coefficient (Wildman–Crippen LogP) is 0.536. The van der Waals surface area contributed by atoms with Gasteiger partial charge < -0.3 is 10.4 Å². The molecule has 2 heterocycles. The largest absolute Gasteiger partial charge is 0.395 e. The maximum absolute atomic E-state index is 12.0. The van der Waals surface area contributed by atoms with Crippen molar-refractivity contribution in [3.63, 3.8) is 0 Å². The number of nitrogens with zero attached hydrogens (tertiary/aromatic N) is 3. The van der Waals surface area contributed by atoms with Crippen molar-refractivity contribution in [2.75, 3.05) is 6.61 Å². The van der Waals surface area contributed by atoms with Crippen molar-refractivity contribution in [1.29, 1.82) is 0 Å². The van der Waals surface area contributed by atoms with Gasteiger partial charge in [-0.3, -0.25) is 9.78 Å². The third kappa shape index (κ3) is 4.67. The van der Waals surface area contributed by atoms with E-state index in [0.29, 0.717) is 24.1 Å². The Labute approximate surface area is 122 Å². The number of nitrogens with one attached hydrogen (secondary N) is 1. The van der Waals surface area contributed by atoms with E-state index in [1.807, 2.05) is 0 Å². The van der Waals surface area contributed by atoms with Crippen molar-refractivity contribution in [2.24, 2.45) is 0 Å². The van der Waals surface area contributed by atoms with Crippen LogP contribution in [-0.4, -0.2) is 32.6 Å². The topological polar surface area (TPSA) is 88.0 Å². The highest BCUT2D eigenvalue weighted by atomic mass is 16.2. The van der Waals surface area contributed by atoms with Gasteiger partial charge in [-0.15, -0.1) is 0 Å². The van der Waals surface area contributed by atoms with Crippen LogP contribution < -0.4 is 5.32 Å². The number of carbonyl (C=O) groups is 1. The van der Waals surface area contributed by atoms with Crippen LogP contribution in [0.4, 0.5) is 0 Å². The van der Waals surface area contributed by atoms with E-state index >= 15 is 0 Å². The summed E-state index contributed by atoms with van der Waals surface area (Å²) in [6.45, 7) is 0.335. The summed E-state index contributed by atoms with van der Waals surface area (Å²) >= 11 is 0. The summed E-state index contributed by atoms with van der Waals surface area (Å²) < 4.78 is 0. The van der Waals surface area contributed by atoms with Crippen LogP contribution in [0.25, 0.3) is 0 Å². The van der Waals surface area contributed by atoms with Gasteiger partial charge in [0.25, 0.3) is 5.91 Å². The van der Waals surface area contributed by atoms with Gasteiger partial charge in [0.05, 0.1) is 24.4 Å². The second kappa shape index (κ2) is 7.72. The summed E-state index contributed by atoms with van der Waals surface area (Å²) in [4.78, 5) is 23.8. The van der Waals surface area contributed by atoms with Gasteiger partial charge in [-0.2, -0.15) is 0 Å². The molecule has 0 aliphatic carbocycles. The Balaban J connectivity index is 1.99. The van der Waals surface area contributed by atoms with Crippen LogP contribution in [0.1, 0.15) is 28.0 Å². The van der Waals surface area contributed by atoms with E-state index < -0.39 is 0 Å². The lowest BCUT2D eigenvalue weighted by molar-refractivity contribution is 0.0950. The van der Waals surface area contributed by atoms with Crippen LogP contribution in [0.15, 0.2) is 37.1 Å². The van der Waals surface area contributed by atoms with Crippen LogP contribution in [0, 0.1) is 11.8 Å². The molecule has 1 amide bonds. The first-order valence-corrected chi connectivity index (χ1v) is 6.37. The van der Waals surface area contributed by atoms with Crippen LogP contribution in [0.3, 0.4) is 0 Å².